The SMILES string of the molecule is CC(C)(C)OC(=O)N[C@H](C(=O)NC1CCN(C2CCCC2)C1)c1ccccc1. The maximum absolute atomic E-state index is 13.0. The zero-order chi connectivity index (χ0) is 20.1. The Labute approximate surface area is 168 Å². The summed E-state index contributed by atoms with van der Waals surface area (Å²) < 4.78 is 5.36. The molecule has 1 saturated carbocycles. The van der Waals surface area contributed by atoms with Gasteiger partial charge < -0.3 is 15.4 Å². The number of carbonyl (C=O) groups is 2. The standard InChI is InChI=1S/C22H33N3O3/c1-22(2,3)28-21(27)24-19(16-9-5-4-6-10-16)20(26)23-17-13-14-25(15-17)18-11-7-8-12-18/h4-6,9-10,17-19H,7-8,11-15H2,1-3H3,(H,23,26)(H,24,27)/t17?,19-/m0/s1. The van der Waals surface area contributed by atoms with Crippen LogP contribution in [0.5, 0.6) is 0 Å². The highest BCUT2D eigenvalue weighted by molar-refractivity contribution is 5.87. The summed E-state index contributed by atoms with van der Waals surface area (Å²) in [6.45, 7) is 7.34. The third-order valence-corrected chi connectivity index (χ3v) is 5.46. The van der Waals surface area contributed by atoms with Gasteiger partial charge in [-0.1, -0.05) is 43.2 Å². The topological polar surface area (TPSA) is 70.7 Å². The number of benzene rings is 1. The molecule has 1 aliphatic heterocycles. The van der Waals surface area contributed by atoms with Crippen molar-refractivity contribution in [1.29, 1.82) is 0 Å². The van der Waals surface area contributed by atoms with Crippen molar-refractivity contribution in [3.8, 4) is 0 Å². The van der Waals surface area contributed by atoms with Crippen LogP contribution in [0.3, 0.4) is 0 Å². The van der Waals surface area contributed by atoms with Crippen LogP contribution in [0.15, 0.2) is 30.3 Å². The molecule has 2 amide bonds. The molecule has 2 fully saturated rings. The molecular formula is C22H33N3O3. The fourth-order valence-corrected chi connectivity index (χ4v) is 4.16. The molecule has 1 heterocycles. The maximum Gasteiger partial charge on any atom is 0.408 e. The molecule has 0 radical (unpaired) electrons. The first-order valence-electron chi connectivity index (χ1n) is 10.4. The molecule has 0 bridgehead atoms. The van der Waals surface area contributed by atoms with Gasteiger partial charge in [-0.05, 0) is 45.6 Å². The molecule has 1 aromatic carbocycles. The van der Waals surface area contributed by atoms with Crippen LogP contribution in [-0.2, 0) is 9.53 Å². The number of amides is 2. The summed E-state index contributed by atoms with van der Waals surface area (Å²) in [5, 5.41) is 5.89. The number of likely N-dealkylation sites (tertiary alicyclic amines) is 1. The van der Waals surface area contributed by atoms with Gasteiger partial charge in [-0.2, -0.15) is 0 Å². The summed E-state index contributed by atoms with van der Waals surface area (Å²) in [5.74, 6) is -0.185. The first-order valence-corrected chi connectivity index (χ1v) is 10.4. The third kappa shape index (κ3) is 5.71. The number of carbonyl (C=O) groups excluding carboxylic acids is 2. The van der Waals surface area contributed by atoms with Gasteiger partial charge in [0.15, 0.2) is 0 Å². The quantitative estimate of drug-likeness (QED) is 0.812. The lowest BCUT2D eigenvalue weighted by Gasteiger charge is -2.26. The molecule has 1 aromatic rings. The average molecular weight is 388 g/mol. The minimum Gasteiger partial charge on any atom is -0.444 e. The van der Waals surface area contributed by atoms with Crippen molar-refractivity contribution < 1.29 is 14.3 Å². The van der Waals surface area contributed by atoms with Crippen molar-refractivity contribution in [2.45, 2.75) is 76.6 Å². The Kier molecular flexibility index (Phi) is 6.60. The molecule has 3 rings (SSSR count). The largest absolute Gasteiger partial charge is 0.444 e. The monoisotopic (exact) mass is 387 g/mol. The summed E-state index contributed by atoms with van der Waals surface area (Å²) in [7, 11) is 0. The fraction of sp³-hybridized carbons (Fsp3) is 0.636. The molecule has 1 aliphatic carbocycles. The van der Waals surface area contributed by atoms with Crippen LogP contribution in [0.25, 0.3) is 0 Å². The number of rotatable bonds is 5. The Morgan fingerprint density at radius 2 is 1.79 bits per heavy atom. The predicted molar refractivity (Wildman–Crippen MR) is 109 cm³/mol. The highest BCUT2D eigenvalue weighted by Gasteiger charge is 2.33. The van der Waals surface area contributed by atoms with Gasteiger partial charge in [-0.15, -0.1) is 0 Å². The molecule has 2 atom stereocenters. The van der Waals surface area contributed by atoms with Crippen molar-refractivity contribution in [2.75, 3.05) is 13.1 Å². The summed E-state index contributed by atoms with van der Waals surface area (Å²) in [6, 6.07) is 9.35. The van der Waals surface area contributed by atoms with Crippen LogP contribution in [0, 0.1) is 0 Å². The van der Waals surface area contributed by atoms with Crippen LogP contribution < -0.4 is 10.6 Å². The first-order chi connectivity index (χ1) is 13.3. The van der Waals surface area contributed by atoms with Crippen molar-refractivity contribution >= 4 is 12.0 Å². The fourth-order valence-electron chi connectivity index (χ4n) is 4.16. The van der Waals surface area contributed by atoms with E-state index < -0.39 is 17.7 Å². The Hall–Kier alpha value is -2.08. The summed E-state index contributed by atoms with van der Waals surface area (Å²) >= 11 is 0. The highest BCUT2D eigenvalue weighted by atomic mass is 16.6. The second kappa shape index (κ2) is 8.95. The molecule has 0 aromatic heterocycles. The molecule has 1 unspecified atom stereocenters. The van der Waals surface area contributed by atoms with Crippen molar-refractivity contribution in [2.24, 2.45) is 0 Å². The van der Waals surface area contributed by atoms with Crippen LogP contribution in [-0.4, -0.2) is 47.7 Å². The summed E-state index contributed by atoms with van der Waals surface area (Å²) in [6.07, 6.45) is 5.54. The van der Waals surface area contributed by atoms with E-state index in [9.17, 15) is 9.59 Å². The van der Waals surface area contributed by atoms with E-state index in [-0.39, 0.29) is 11.9 Å². The number of hydrogen-bond donors (Lipinski definition) is 2. The molecule has 6 heteroatoms. The van der Waals surface area contributed by atoms with Crippen molar-refractivity contribution in [3.05, 3.63) is 35.9 Å². The summed E-state index contributed by atoms with van der Waals surface area (Å²) in [5.41, 5.74) is 0.131. The van der Waals surface area contributed by atoms with E-state index >= 15 is 0 Å². The predicted octanol–water partition coefficient (Wildman–Crippen LogP) is 3.39. The van der Waals surface area contributed by atoms with Crippen LogP contribution in [0.2, 0.25) is 0 Å². The van der Waals surface area contributed by atoms with E-state index in [0.717, 1.165) is 25.1 Å². The molecule has 154 valence electrons. The number of hydrogen-bond acceptors (Lipinski definition) is 4. The second-order valence-corrected chi connectivity index (χ2v) is 8.92. The second-order valence-electron chi connectivity index (χ2n) is 8.92. The van der Waals surface area contributed by atoms with Crippen molar-refractivity contribution in [1.82, 2.24) is 15.5 Å². The van der Waals surface area contributed by atoms with Gasteiger partial charge in [0.2, 0.25) is 5.91 Å². The van der Waals surface area contributed by atoms with Gasteiger partial charge in [0.25, 0.3) is 0 Å². The number of alkyl carbamates (subject to hydrolysis) is 1. The molecule has 0 spiro atoms. The maximum atomic E-state index is 13.0. The first kappa shape index (κ1) is 20.6. The average Bonchev–Trinajstić information content (AvgIpc) is 3.30. The molecule has 28 heavy (non-hydrogen) atoms. The molecule has 1 saturated heterocycles. The third-order valence-electron chi connectivity index (χ3n) is 5.46. The van der Waals surface area contributed by atoms with E-state index in [2.05, 4.69) is 15.5 Å². The van der Waals surface area contributed by atoms with Gasteiger partial charge >= 0.3 is 6.09 Å². The Balaban J connectivity index is 1.62. The molecule has 2 N–H and O–H groups in total. The lowest BCUT2D eigenvalue weighted by Crippen LogP contribution is -2.46. The minimum atomic E-state index is -0.767. The van der Waals surface area contributed by atoms with E-state index in [1.54, 1.807) is 20.8 Å². The van der Waals surface area contributed by atoms with Gasteiger partial charge in [-0.25, -0.2) is 4.79 Å². The Morgan fingerprint density at radius 3 is 2.43 bits per heavy atom. The molecule has 2 aliphatic rings. The van der Waals surface area contributed by atoms with Gasteiger partial charge in [0.1, 0.15) is 11.6 Å². The normalized spacial score (nSPS) is 22.0. The zero-order valence-corrected chi connectivity index (χ0v) is 17.2. The lowest BCUT2D eigenvalue weighted by molar-refractivity contribution is -0.124. The smallest absolute Gasteiger partial charge is 0.408 e. The number of nitrogens with zero attached hydrogens (tertiary/aromatic N) is 1. The van der Waals surface area contributed by atoms with E-state index in [4.69, 9.17) is 4.74 Å². The minimum absolute atomic E-state index is 0.125. The van der Waals surface area contributed by atoms with Gasteiger partial charge in [0.05, 0.1) is 0 Å². The lowest BCUT2D eigenvalue weighted by atomic mass is 10.1. The van der Waals surface area contributed by atoms with E-state index in [1.807, 2.05) is 30.3 Å². The van der Waals surface area contributed by atoms with E-state index in [1.165, 1.54) is 25.7 Å². The van der Waals surface area contributed by atoms with Crippen LogP contribution >= 0.6 is 0 Å². The number of nitrogens with one attached hydrogen (secondary N) is 2. The number of ether oxygens (including phenoxy) is 1. The summed E-state index contributed by atoms with van der Waals surface area (Å²) in [4.78, 5) is 27.8. The van der Waals surface area contributed by atoms with E-state index in [0.29, 0.717) is 6.04 Å². The van der Waals surface area contributed by atoms with Crippen LogP contribution in [0.1, 0.15) is 64.5 Å². The van der Waals surface area contributed by atoms with Crippen LogP contribution in [0.4, 0.5) is 4.79 Å². The Bertz CT molecular complexity index is 665. The Morgan fingerprint density at radius 1 is 1.11 bits per heavy atom. The molecular weight excluding hydrogens is 354 g/mol. The van der Waals surface area contributed by atoms with Gasteiger partial charge in [0, 0.05) is 25.2 Å². The van der Waals surface area contributed by atoms with Gasteiger partial charge in [-0.3, -0.25) is 9.69 Å². The molecule has 6 nitrogen and oxygen atoms in total. The zero-order valence-electron chi connectivity index (χ0n) is 17.2. The highest BCUT2D eigenvalue weighted by Crippen LogP contribution is 2.26. The van der Waals surface area contributed by atoms with Crippen molar-refractivity contribution in [3.63, 3.8) is 0 Å².